The van der Waals surface area contributed by atoms with Gasteiger partial charge >= 0.3 is 0 Å². The molecule has 0 radical (unpaired) electrons. The number of H-pyrrole nitrogens is 1. The van der Waals surface area contributed by atoms with Gasteiger partial charge in [-0.3, -0.25) is 0 Å². The largest absolute Gasteiger partial charge is 0.349 e. The quantitative estimate of drug-likeness (QED) is 0.521. The molecule has 2 nitrogen and oxygen atoms in total. The first-order valence-electron chi connectivity index (χ1n) is 2.56. The van der Waals surface area contributed by atoms with E-state index >= 15 is 0 Å². The van der Waals surface area contributed by atoms with Crippen molar-refractivity contribution in [3.05, 3.63) is 37.1 Å². The van der Waals surface area contributed by atoms with E-state index in [1.807, 2.05) is 6.92 Å². The van der Waals surface area contributed by atoms with Gasteiger partial charge in [0.25, 0.3) is 0 Å². The summed E-state index contributed by atoms with van der Waals surface area (Å²) in [5.74, 6) is 0.968. The van der Waals surface area contributed by atoms with Crippen LogP contribution in [0, 0.1) is 6.92 Å². The third-order valence-electron chi connectivity index (χ3n) is 0.635. The molecule has 0 atom stereocenters. The molecule has 1 heterocycles. The third-order valence-corrected chi connectivity index (χ3v) is 0.635. The summed E-state index contributed by atoms with van der Waals surface area (Å²) in [5, 5.41) is 0. The SMILES string of the molecule is C=C=C.Cc1ncc[nH]1. The molecular formula is C7H10N2. The highest BCUT2D eigenvalue weighted by atomic mass is 14.9. The van der Waals surface area contributed by atoms with E-state index in [-0.39, 0.29) is 0 Å². The Hall–Kier alpha value is -1.27. The van der Waals surface area contributed by atoms with Crippen LogP contribution in [0.5, 0.6) is 0 Å². The number of hydrogen-bond donors (Lipinski definition) is 1. The summed E-state index contributed by atoms with van der Waals surface area (Å²) in [6.07, 6.45) is 3.53. The van der Waals surface area contributed by atoms with E-state index < -0.39 is 0 Å². The summed E-state index contributed by atoms with van der Waals surface area (Å²) in [4.78, 5) is 6.75. The smallest absolute Gasteiger partial charge is 0.102 e. The Labute approximate surface area is 54.9 Å². The summed E-state index contributed by atoms with van der Waals surface area (Å²) in [6, 6.07) is 0. The van der Waals surface area contributed by atoms with Gasteiger partial charge in [-0.25, -0.2) is 4.98 Å². The lowest BCUT2D eigenvalue weighted by Gasteiger charge is -1.68. The summed E-state index contributed by atoms with van der Waals surface area (Å²) in [5.41, 5.74) is 2.25. The van der Waals surface area contributed by atoms with E-state index in [4.69, 9.17) is 0 Å². The lowest BCUT2D eigenvalue weighted by Crippen LogP contribution is -1.66. The highest BCUT2D eigenvalue weighted by Gasteiger charge is 1.73. The fourth-order valence-corrected chi connectivity index (χ4v) is 0.344. The Balaban J connectivity index is 0.000000187. The summed E-state index contributed by atoms with van der Waals surface area (Å²) < 4.78 is 0. The number of hydrogen-bond acceptors (Lipinski definition) is 1. The van der Waals surface area contributed by atoms with Crippen LogP contribution < -0.4 is 0 Å². The normalized spacial score (nSPS) is 6.78. The second-order valence-electron chi connectivity index (χ2n) is 1.42. The first-order valence-corrected chi connectivity index (χ1v) is 2.56. The number of aromatic nitrogens is 2. The molecule has 0 aromatic carbocycles. The van der Waals surface area contributed by atoms with Crippen LogP contribution in [-0.2, 0) is 0 Å². The van der Waals surface area contributed by atoms with Gasteiger partial charge in [-0.15, -0.1) is 5.73 Å². The first-order chi connectivity index (χ1) is 4.31. The maximum atomic E-state index is 3.86. The van der Waals surface area contributed by atoms with Gasteiger partial charge in [0.15, 0.2) is 0 Å². The predicted octanol–water partition coefficient (Wildman–Crippen LogP) is 1.68. The highest BCUT2D eigenvalue weighted by molar-refractivity contribution is 4.80. The van der Waals surface area contributed by atoms with Crippen molar-refractivity contribution in [2.24, 2.45) is 0 Å². The molecule has 1 aromatic heterocycles. The molecule has 48 valence electrons. The zero-order chi connectivity index (χ0) is 7.11. The minimum Gasteiger partial charge on any atom is -0.349 e. The molecule has 9 heavy (non-hydrogen) atoms. The van der Waals surface area contributed by atoms with Crippen molar-refractivity contribution in [2.75, 3.05) is 0 Å². The number of nitrogens with zero attached hydrogens (tertiary/aromatic N) is 1. The molecule has 0 fully saturated rings. The van der Waals surface area contributed by atoms with Crippen LogP contribution in [0.15, 0.2) is 31.3 Å². The van der Waals surface area contributed by atoms with Crippen LogP contribution in [0.25, 0.3) is 0 Å². The van der Waals surface area contributed by atoms with Crippen molar-refractivity contribution in [2.45, 2.75) is 6.92 Å². The van der Waals surface area contributed by atoms with Crippen LogP contribution in [0.2, 0.25) is 0 Å². The lowest BCUT2D eigenvalue weighted by molar-refractivity contribution is 1.15. The molecule has 0 bridgehead atoms. The first kappa shape index (κ1) is 7.73. The maximum absolute atomic E-state index is 3.86. The maximum Gasteiger partial charge on any atom is 0.102 e. The van der Waals surface area contributed by atoms with Crippen molar-refractivity contribution in [1.29, 1.82) is 0 Å². The number of nitrogens with one attached hydrogen (secondary N) is 1. The molecule has 0 unspecified atom stereocenters. The molecule has 1 N–H and O–H groups in total. The van der Waals surface area contributed by atoms with Crippen LogP contribution in [0.1, 0.15) is 5.82 Å². The van der Waals surface area contributed by atoms with Gasteiger partial charge in [0.2, 0.25) is 0 Å². The molecule has 0 aliphatic carbocycles. The van der Waals surface area contributed by atoms with Gasteiger partial charge in [0, 0.05) is 12.4 Å². The third kappa shape index (κ3) is 4.59. The van der Waals surface area contributed by atoms with Gasteiger partial charge in [-0.1, -0.05) is 13.2 Å². The number of aryl methyl sites for hydroxylation is 1. The van der Waals surface area contributed by atoms with Crippen molar-refractivity contribution >= 4 is 0 Å². The van der Waals surface area contributed by atoms with Gasteiger partial charge < -0.3 is 4.98 Å². The number of rotatable bonds is 0. The fraction of sp³-hybridized carbons (Fsp3) is 0.143. The minimum absolute atomic E-state index is 0.968. The number of imidazole rings is 1. The summed E-state index contributed by atoms with van der Waals surface area (Å²) >= 11 is 0. The highest BCUT2D eigenvalue weighted by Crippen LogP contribution is 1.78. The van der Waals surface area contributed by atoms with Crippen molar-refractivity contribution in [3.8, 4) is 0 Å². The summed E-state index contributed by atoms with van der Waals surface area (Å²) in [6.45, 7) is 8.17. The van der Waals surface area contributed by atoms with Crippen molar-refractivity contribution < 1.29 is 0 Å². The Kier molecular flexibility index (Phi) is 4.19. The Morgan fingerprint density at radius 2 is 2.22 bits per heavy atom. The summed E-state index contributed by atoms with van der Waals surface area (Å²) in [7, 11) is 0. The standard InChI is InChI=1S/C4H6N2.C3H4/c1-4-5-2-3-6-4;1-3-2/h2-3H,1H3,(H,5,6);1-2H2. The van der Waals surface area contributed by atoms with Gasteiger partial charge in [-0.05, 0) is 6.92 Å². The van der Waals surface area contributed by atoms with Crippen molar-refractivity contribution in [3.63, 3.8) is 0 Å². The zero-order valence-corrected chi connectivity index (χ0v) is 5.52. The molecule has 2 heteroatoms. The molecule has 0 aliphatic heterocycles. The molecule has 1 rings (SSSR count). The average Bonchev–Trinajstić information content (AvgIpc) is 2.20. The van der Waals surface area contributed by atoms with E-state index in [9.17, 15) is 0 Å². The van der Waals surface area contributed by atoms with Gasteiger partial charge in [0.05, 0.1) is 0 Å². The van der Waals surface area contributed by atoms with Crippen LogP contribution in [0.3, 0.4) is 0 Å². The van der Waals surface area contributed by atoms with E-state index in [0.29, 0.717) is 0 Å². The zero-order valence-electron chi connectivity index (χ0n) is 5.52. The monoisotopic (exact) mass is 122 g/mol. The molecular weight excluding hydrogens is 112 g/mol. The Morgan fingerprint density at radius 1 is 1.67 bits per heavy atom. The molecule has 0 aliphatic rings. The minimum atomic E-state index is 0.968. The lowest BCUT2D eigenvalue weighted by atomic mass is 10.8. The van der Waals surface area contributed by atoms with E-state index in [2.05, 4.69) is 28.9 Å². The number of aromatic amines is 1. The Bertz CT molecular complexity index is 169. The van der Waals surface area contributed by atoms with Crippen LogP contribution in [0.4, 0.5) is 0 Å². The van der Waals surface area contributed by atoms with Gasteiger partial charge in [-0.2, -0.15) is 0 Å². The second-order valence-corrected chi connectivity index (χ2v) is 1.42. The fourth-order valence-electron chi connectivity index (χ4n) is 0.344. The molecule has 0 saturated heterocycles. The Morgan fingerprint density at radius 3 is 2.33 bits per heavy atom. The molecule has 1 aromatic rings. The van der Waals surface area contributed by atoms with E-state index in [1.54, 1.807) is 12.4 Å². The van der Waals surface area contributed by atoms with Gasteiger partial charge in [0.1, 0.15) is 5.82 Å². The second kappa shape index (κ2) is 4.88. The average molecular weight is 122 g/mol. The van der Waals surface area contributed by atoms with E-state index in [1.165, 1.54) is 0 Å². The molecule has 0 amide bonds. The molecule has 0 saturated carbocycles. The van der Waals surface area contributed by atoms with Crippen LogP contribution in [-0.4, -0.2) is 9.97 Å². The predicted molar refractivity (Wildman–Crippen MR) is 38.1 cm³/mol. The van der Waals surface area contributed by atoms with Crippen molar-refractivity contribution in [1.82, 2.24) is 9.97 Å². The topological polar surface area (TPSA) is 28.7 Å². The molecule has 0 spiro atoms. The van der Waals surface area contributed by atoms with Crippen LogP contribution >= 0.6 is 0 Å². The van der Waals surface area contributed by atoms with E-state index in [0.717, 1.165) is 5.82 Å².